The number of sulfonamides is 1. The summed E-state index contributed by atoms with van der Waals surface area (Å²) in [7, 11) is -3.69. The van der Waals surface area contributed by atoms with Crippen LogP contribution < -0.4 is 4.72 Å². The van der Waals surface area contributed by atoms with Gasteiger partial charge in [0.1, 0.15) is 10.0 Å². The lowest BCUT2D eigenvalue weighted by Gasteiger charge is -2.09. The minimum absolute atomic E-state index is 0.105. The molecule has 1 N–H and O–H groups in total. The highest BCUT2D eigenvalue weighted by molar-refractivity contribution is 7.91. The third kappa shape index (κ3) is 4.63. The van der Waals surface area contributed by atoms with Crippen molar-refractivity contribution < 1.29 is 22.3 Å². The lowest BCUT2D eigenvalue weighted by Crippen LogP contribution is -2.34. The van der Waals surface area contributed by atoms with Crippen LogP contribution >= 0.6 is 11.3 Å². The summed E-state index contributed by atoms with van der Waals surface area (Å²) < 4.78 is 46.7. The van der Waals surface area contributed by atoms with E-state index >= 15 is 0 Å². The molecule has 3 rings (SSSR count). The summed E-state index contributed by atoms with van der Waals surface area (Å²) in [5.41, 5.74) is 1.61. The molecule has 5 nitrogen and oxygen atoms in total. The van der Waals surface area contributed by atoms with Crippen molar-refractivity contribution in [3.8, 4) is 0 Å². The van der Waals surface area contributed by atoms with Gasteiger partial charge in [-0.25, -0.2) is 17.5 Å². The molecule has 1 saturated heterocycles. The summed E-state index contributed by atoms with van der Waals surface area (Å²) in [6, 6.07) is 5.79. The maximum absolute atomic E-state index is 13.4. The lowest BCUT2D eigenvalue weighted by molar-refractivity contribution is 0.0992. The maximum atomic E-state index is 13.4. The van der Waals surface area contributed by atoms with Crippen molar-refractivity contribution in [2.45, 2.75) is 43.4 Å². The molecule has 0 amide bonds. The number of thiophene rings is 1. The van der Waals surface area contributed by atoms with Gasteiger partial charge in [0.05, 0.1) is 6.61 Å². The molecule has 2 aromatic rings. The van der Waals surface area contributed by atoms with Gasteiger partial charge in [0.2, 0.25) is 10.0 Å². The van der Waals surface area contributed by atoms with Crippen molar-refractivity contribution in [3.05, 3.63) is 51.7 Å². The van der Waals surface area contributed by atoms with E-state index in [-0.39, 0.29) is 28.3 Å². The topological polar surface area (TPSA) is 72.5 Å². The number of carbonyl (C=O) groups is 1. The maximum Gasteiger partial charge on any atom is 0.250 e. The number of aryl methyl sites for hydroxylation is 2. The molecule has 0 bridgehead atoms. The number of rotatable bonds is 7. The largest absolute Gasteiger partial charge is 0.380 e. The predicted molar refractivity (Wildman–Crippen MR) is 102 cm³/mol. The Bertz CT molecular complexity index is 947. The Morgan fingerprint density at radius 2 is 2.15 bits per heavy atom. The van der Waals surface area contributed by atoms with Crippen LogP contribution in [-0.4, -0.2) is 33.5 Å². The Kier molecular flexibility index (Phi) is 6.10. The van der Waals surface area contributed by atoms with Crippen LogP contribution in [-0.2, 0) is 27.6 Å². The minimum atomic E-state index is -3.69. The number of carbonyl (C=O) groups excluding carboxylic acids is 1. The van der Waals surface area contributed by atoms with Gasteiger partial charge in [-0.05, 0) is 43.0 Å². The Balaban J connectivity index is 1.82. The standard InChI is InChI=1S/C19H22FNO4S2/c1-3-18-15(17(22)9-13-4-5-16(20)12(2)8-13)10-19(26-18)27(23,24)21-14-6-7-25-11-14/h4-5,8,10,14,21H,3,6-7,9,11H2,1-2H3/t14-/m0/s1. The zero-order chi connectivity index (χ0) is 19.6. The van der Waals surface area contributed by atoms with Crippen molar-refractivity contribution in [2.24, 2.45) is 0 Å². The van der Waals surface area contributed by atoms with Crippen molar-refractivity contribution >= 4 is 27.1 Å². The van der Waals surface area contributed by atoms with Crippen LogP contribution in [0.2, 0.25) is 0 Å². The molecular formula is C19H22FNO4S2. The van der Waals surface area contributed by atoms with Crippen molar-refractivity contribution in [2.75, 3.05) is 13.2 Å². The molecular weight excluding hydrogens is 389 g/mol. The molecule has 8 heteroatoms. The van der Waals surface area contributed by atoms with Crippen LogP contribution in [0.15, 0.2) is 28.5 Å². The summed E-state index contributed by atoms with van der Waals surface area (Å²) in [5, 5.41) is 0. The second-order valence-electron chi connectivity index (χ2n) is 6.62. The molecule has 0 spiro atoms. The zero-order valence-electron chi connectivity index (χ0n) is 15.2. The van der Waals surface area contributed by atoms with E-state index in [0.29, 0.717) is 42.7 Å². The molecule has 146 valence electrons. The van der Waals surface area contributed by atoms with Gasteiger partial charge in [0, 0.05) is 29.5 Å². The van der Waals surface area contributed by atoms with Crippen LogP contribution in [0.4, 0.5) is 4.39 Å². The predicted octanol–water partition coefficient (Wildman–Crippen LogP) is 3.25. The van der Waals surface area contributed by atoms with Gasteiger partial charge in [0.15, 0.2) is 5.78 Å². The first-order valence-electron chi connectivity index (χ1n) is 8.81. The number of hydrogen-bond acceptors (Lipinski definition) is 5. The fourth-order valence-corrected chi connectivity index (χ4v) is 5.78. The van der Waals surface area contributed by atoms with Crippen LogP contribution in [0.5, 0.6) is 0 Å². The molecule has 0 unspecified atom stereocenters. The lowest BCUT2D eigenvalue weighted by atomic mass is 10.0. The molecule has 1 atom stereocenters. The van der Waals surface area contributed by atoms with Crippen LogP contribution in [0.3, 0.4) is 0 Å². The van der Waals surface area contributed by atoms with Gasteiger partial charge in [0.25, 0.3) is 0 Å². The van der Waals surface area contributed by atoms with E-state index in [1.807, 2.05) is 6.92 Å². The summed E-state index contributed by atoms with van der Waals surface area (Å²) in [5.74, 6) is -0.480. The van der Waals surface area contributed by atoms with Gasteiger partial charge >= 0.3 is 0 Å². The van der Waals surface area contributed by atoms with Crippen LogP contribution in [0, 0.1) is 12.7 Å². The molecule has 27 heavy (non-hydrogen) atoms. The molecule has 0 aliphatic carbocycles. The summed E-state index contributed by atoms with van der Waals surface area (Å²) in [4.78, 5) is 13.5. The molecule has 2 heterocycles. The van der Waals surface area contributed by atoms with E-state index < -0.39 is 10.0 Å². The number of hydrogen-bond donors (Lipinski definition) is 1. The minimum Gasteiger partial charge on any atom is -0.380 e. The van der Waals surface area contributed by atoms with Gasteiger partial charge in [-0.1, -0.05) is 19.1 Å². The molecule has 1 aromatic heterocycles. The monoisotopic (exact) mass is 411 g/mol. The quantitative estimate of drug-likeness (QED) is 0.710. The molecule has 0 saturated carbocycles. The van der Waals surface area contributed by atoms with Crippen molar-refractivity contribution in [1.82, 2.24) is 4.72 Å². The number of halogens is 1. The third-order valence-electron chi connectivity index (χ3n) is 4.51. The highest BCUT2D eigenvalue weighted by atomic mass is 32.2. The van der Waals surface area contributed by atoms with E-state index in [1.165, 1.54) is 12.1 Å². The average molecular weight is 412 g/mol. The van der Waals surface area contributed by atoms with Gasteiger partial charge < -0.3 is 4.74 Å². The molecule has 1 aliphatic rings. The third-order valence-corrected chi connectivity index (χ3v) is 7.78. The van der Waals surface area contributed by atoms with Gasteiger partial charge in [-0.15, -0.1) is 11.3 Å². The Morgan fingerprint density at radius 3 is 2.78 bits per heavy atom. The van der Waals surface area contributed by atoms with E-state index in [9.17, 15) is 17.6 Å². The first kappa shape index (κ1) is 20.1. The summed E-state index contributed by atoms with van der Waals surface area (Å²) >= 11 is 1.12. The number of Topliss-reactive ketones (excluding diaryl/α,β-unsaturated/α-hetero) is 1. The van der Waals surface area contributed by atoms with Gasteiger partial charge in [-0.3, -0.25) is 4.79 Å². The smallest absolute Gasteiger partial charge is 0.250 e. The SMILES string of the molecule is CCc1sc(S(=O)(=O)N[C@H]2CCOC2)cc1C(=O)Cc1ccc(F)c(C)c1. The second-order valence-corrected chi connectivity index (χ2v) is 9.70. The Labute approximate surface area is 162 Å². The average Bonchev–Trinajstić information content (AvgIpc) is 3.27. The molecule has 1 fully saturated rings. The summed E-state index contributed by atoms with van der Waals surface area (Å²) in [6.07, 6.45) is 1.31. The van der Waals surface area contributed by atoms with Crippen LogP contribution in [0.1, 0.15) is 39.7 Å². The first-order valence-corrected chi connectivity index (χ1v) is 11.1. The number of ketones is 1. The fourth-order valence-electron chi connectivity index (χ4n) is 3.04. The molecule has 0 radical (unpaired) electrons. The van der Waals surface area contributed by atoms with Crippen LogP contribution in [0.25, 0.3) is 0 Å². The number of benzene rings is 1. The number of nitrogens with one attached hydrogen (secondary N) is 1. The summed E-state index contributed by atoms with van der Waals surface area (Å²) in [6.45, 7) is 4.44. The normalized spacial score (nSPS) is 17.4. The Hall–Kier alpha value is -1.61. The van der Waals surface area contributed by atoms with Crippen molar-refractivity contribution in [1.29, 1.82) is 0 Å². The zero-order valence-corrected chi connectivity index (χ0v) is 16.9. The fraction of sp³-hybridized carbons (Fsp3) is 0.421. The van der Waals surface area contributed by atoms with E-state index in [2.05, 4.69) is 4.72 Å². The van der Waals surface area contributed by atoms with Gasteiger partial charge in [-0.2, -0.15) is 0 Å². The van der Waals surface area contributed by atoms with E-state index in [0.717, 1.165) is 16.2 Å². The highest BCUT2D eigenvalue weighted by Crippen LogP contribution is 2.29. The Morgan fingerprint density at radius 1 is 1.37 bits per heavy atom. The van der Waals surface area contributed by atoms with E-state index in [1.54, 1.807) is 19.1 Å². The molecule has 1 aromatic carbocycles. The van der Waals surface area contributed by atoms with E-state index in [4.69, 9.17) is 4.74 Å². The number of ether oxygens (including phenoxy) is 1. The van der Waals surface area contributed by atoms with Crippen molar-refractivity contribution in [3.63, 3.8) is 0 Å². The second kappa shape index (κ2) is 8.18. The highest BCUT2D eigenvalue weighted by Gasteiger charge is 2.27. The first-order chi connectivity index (χ1) is 12.8. The molecule has 1 aliphatic heterocycles.